The average molecular weight is 1350 g/mol. The molecule has 0 aromatic heterocycles. The number of esters is 3. The number of unbranched alkanes of at least 4 members (excludes halogenated alkanes) is 27. The number of carbonyl (C=O) groups excluding carboxylic acids is 3. The van der Waals surface area contributed by atoms with Crippen LogP contribution in [0.2, 0.25) is 0 Å². The maximum absolute atomic E-state index is 12.9. The zero-order chi connectivity index (χ0) is 68.1. The van der Waals surface area contributed by atoms with Gasteiger partial charge >= 0.3 is 33.6 Å². The minimum absolute atomic E-state index is 0.105. The Morgan fingerprint density at radius 2 is 0.570 bits per heavy atom. The van der Waals surface area contributed by atoms with Crippen LogP contribution in [0.4, 0.5) is 0 Å². The van der Waals surface area contributed by atoms with Gasteiger partial charge in [0.05, 0.1) is 26.4 Å². The van der Waals surface area contributed by atoms with Crippen molar-refractivity contribution in [2.45, 2.75) is 309 Å². The lowest BCUT2D eigenvalue weighted by molar-refractivity contribution is -0.161. The Morgan fingerprint density at radius 1 is 0.312 bits per heavy atom. The van der Waals surface area contributed by atoms with Crippen molar-refractivity contribution in [1.82, 2.24) is 0 Å². The van der Waals surface area contributed by atoms with E-state index >= 15 is 0 Å². The summed E-state index contributed by atoms with van der Waals surface area (Å²) in [6.45, 7) is 2.44. The molecule has 0 amide bonds. The van der Waals surface area contributed by atoms with Crippen LogP contribution in [0.15, 0.2) is 109 Å². The summed E-state index contributed by atoms with van der Waals surface area (Å²) in [5.74, 6) is -1.59. The maximum atomic E-state index is 12.9. The van der Waals surface area contributed by atoms with Crippen LogP contribution in [0.25, 0.3) is 0 Å². The summed E-state index contributed by atoms with van der Waals surface area (Å²) in [4.78, 5) is 58.5. The Labute approximate surface area is 564 Å². The Bertz CT molecular complexity index is 2130. The molecule has 93 heavy (non-hydrogen) atoms. The van der Waals surface area contributed by atoms with Crippen LogP contribution in [0.3, 0.4) is 0 Å². The SMILES string of the molecule is CC/C=C\C/C=C\C/C=C\C/C=C\C/C=C\C/C=C\CCCCCCCCC(=O)OCC(O)COP(=O)(O)OCC(O)COP(=O)(O)OCC(COC(=O)CCCCCCCCC/C=C\C/C=C\C/C=C\CC)OC(=O)CCCCCCCCCCCCCCCCC. The van der Waals surface area contributed by atoms with E-state index in [4.69, 9.17) is 32.3 Å². The van der Waals surface area contributed by atoms with Gasteiger partial charge in [0, 0.05) is 19.3 Å². The first kappa shape index (κ1) is 89.2. The Kier molecular flexibility index (Phi) is 65.4. The maximum Gasteiger partial charge on any atom is 0.472 e. The van der Waals surface area contributed by atoms with Gasteiger partial charge in [-0.25, -0.2) is 9.13 Å². The van der Waals surface area contributed by atoms with Crippen LogP contribution < -0.4 is 0 Å². The molecular formula is C75H130O16P2. The van der Waals surface area contributed by atoms with Crippen molar-refractivity contribution < 1.29 is 75.8 Å². The fourth-order valence-corrected chi connectivity index (χ4v) is 11.1. The number of hydrogen-bond donors (Lipinski definition) is 4. The van der Waals surface area contributed by atoms with E-state index in [-0.39, 0.29) is 19.3 Å². The van der Waals surface area contributed by atoms with Gasteiger partial charge in [0.1, 0.15) is 25.4 Å². The quantitative estimate of drug-likeness (QED) is 0.0146. The van der Waals surface area contributed by atoms with Crippen LogP contribution in [-0.2, 0) is 55.8 Å². The van der Waals surface area contributed by atoms with Gasteiger partial charge in [-0.1, -0.05) is 278 Å². The van der Waals surface area contributed by atoms with Crippen molar-refractivity contribution in [2.75, 3.05) is 39.6 Å². The standard InChI is InChI=1S/C75H130O16P2/c1-4-7-10-13-16-19-22-25-28-30-31-32-33-34-35-36-37-39-42-43-46-49-52-55-58-61-73(78)85-64-70(76)65-87-92(81,82)88-66-71(77)67-89-93(83,84)90-69-72(91-75(80)63-60-57-54-51-48-45-40-27-24-21-18-15-12-9-6-3)68-86-74(79)62-59-56-53-50-47-44-41-38-29-26-23-20-17-14-11-8-5-2/h7-8,10-11,16-17,19-20,25-26,28-29,31-32,34-35,37,39,70-72,76-77H,4-6,9,12-15,18,21-24,27,30,33,36,38,40-69H2,1-3H3,(H,81,82)(H,83,84)/b10-7-,11-8-,19-16-,20-17-,28-25-,29-26-,32-31-,35-34-,39-37-. The third-order valence-corrected chi connectivity index (χ3v) is 16.9. The first-order valence-corrected chi connectivity index (χ1v) is 39.2. The molecule has 0 spiro atoms. The Morgan fingerprint density at radius 3 is 0.903 bits per heavy atom. The molecule has 0 aromatic rings. The van der Waals surface area contributed by atoms with E-state index in [1.165, 1.54) is 64.2 Å². The monoisotopic (exact) mass is 1350 g/mol. The topological polar surface area (TPSA) is 231 Å². The van der Waals surface area contributed by atoms with E-state index in [2.05, 4.69) is 130 Å². The number of carbonyl (C=O) groups is 3. The van der Waals surface area contributed by atoms with Gasteiger partial charge < -0.3 is 34.2 Å². The summed E-state index contributed by atoms with van der Waals surface area (Å²) >= 11 is 0. The molecule has 0 aromatic carbocycles. The van der Waals surface area contributed by atoms with Gasteiger partial charge in [0.2, 0.25) is 0 Å². The van der Waals surface area contributed by atoms with Crippen molar-refractivity contribution in [2.24, 2.45) is 0 Å². The molecule has 0 aliphatic carbocycles. The van der Waals surface area contributed by atoms with Crippen molar-refractivity contribution >= 4 is 33.6 Å². The highest BCUT2D eigenvalue weighted by Crippen LogP contribution is 2.45. The molecular weight excluding hydrogens is 1220 g/mol. The van der Waals surface area contributed by atoms with Gasteiger partial charge in [-0.05, 0) is 103 Å². The normalized spacial score (nSPS) is 14.8. The molecule has 18 heteroatoms. The first-order chi connectivity index (χ1) is 45.2. The predicted molar refractivity (Wildman–Crippen MR) is 380 cm³/mol. The summed E-state index contributed by atoms with van der Waals surface area (Å²) in [5.41, 5.74) is 0. The molecule has 0 bridgehead atoms. The predicted octanol–water partition coefficient (Wildman–Crippen LogP) is 20.4. The molecule has 16 nitrogen and oxygen atoms in total. The molecule has 0 fully saturated rings. The fourth-order valence-electron chi connectivity index (χ4n) is 9.53. The van der Waals surface area contributed by atoms with E-state index in [1.54, 1.807) is 0 Å². The lowest BCUT2D eigenvalue weighted by Crippen LogP contribution is -2.30. The Hall–Kier alpha value is -3.79. The van der Waals surface area contributed by atoms with Crippen LogP contribution in [-0.4, -0.2) is 95.9 Å². The Balaban J connectivity index is 4.60. The smallest absolute Gasteiger partial charge is 0.463 e. The zero-order valence-electron chi connectivity index (χ0n) is 58.1. The van der Waals surface area contributed by atoms with E-state index < -0.39 is 91.5 Å². The summed E-state index contributed by atoms with van der Waals surface area (Å²) in [7, 11) is -9.78. The van der Waals surface area contributed by atoms with Crippen molar-refractivity contribution in [3.05, 3.63) is 109 Å². The summed E-state index contributed by atoms with van der Waals surface area (Å²) < 4.78 is 61.0. The second kappa shape index (κ2) is 68.2. The van der Waals surface area contributed by atoms with E-state index in [0.717, 1.165) is 167 Å². The van der Waals surface area contributed by atoms with Gasteiger partial charge in [-0.15, -0.1) is 0 Å². The lowest BCUT2D eigenvalue weighted by atomic mass is 10.0. The molecule has 0 aliphatic rings. The summed E-state index contributed by atoms with van der Waals surface area (Å²) in [6, 6.07) is 0. The molecule has 0 radical (unpaired) electrons. The van der Waals surface area contributed by atoms with Gasteiger partial charge in [-0.3, -0.25) is 32.5 Å². The average Bonchev–Trinajstić information content (AvgIpc) is 2.84. The number of ether oxygens (including phenoxy) is 3. The molecule has 0 saturated carbocycles. The fraction of sp³-hybridized carbons (Fsp3) is 0.720. The molecule has 0 saturated heterocycles. The number of hydrogen-bond acceptors (Lipinski definition) is 14. The molecule has 5 atom stereocenters. The van der Waals surface area contributed by atoms with Crippen molar-refractivity contribution in [1.29, 1.82) is 0 Å². The van der Waals surface area contributed by atoms with Gasteiger partial charge in [0.25, 0.3) is 0 Å². The van der Waals surface area contributed by atoms with Crippen LogP contribution >= 0.6 is 15.6 Å². The molecule has 5 unspecified atom stereocenters. The molecule has 4 N–H and O–H groups in total. The van der Waals surface area contributed by atoms with Crippen molar-refractivity contribution in [3.63, 3.8) is 0 Å². The molecule has 0 rings (SSSR count). The first-order valence-electron chi connectivity index (χ1n) is 36.2. The zero-order valence-corrected chi connectivity index (χ0v) is 59.9. The van der Waals surface area contributed by atoms with Crippen LogP contribution in [0.5, 0.6) is 0 Å². The number of phosphoric acid groups is 2. The van der Waals surface area contributed by atoms with Gasteiger partial charge in [0.15, 0.2) is 6.10 Å². The number of aliphatic hydroxyl groups is 2. The minimum atomic E-state index is -4.93. The summed E-state index contributed by atoms with van der Waals surface area (Å²) in [5, 5.41) is 20.6. The summed E-state index contributed by atoms with van der Waals surface area (Å²) in [6.07, 6.45) is 77.0. The van der Waals surface area contributed by atoms with Crippen LogP contribution in [0.1, 0.15) is 290 Å². The second-order valence-electron chi connectivity index (χ2n) is 24.0. The largest absolute Gasteiger partial charge is 0.472 e. The van der Waals surface area contributed by atoms with E-state index in [0.29, 0.717) is 19.3 Å². The number of rotatable bonds is 68. The number of phosphoric ester groups is 2. The third-order valence-electron chi connectivity index (χ3n) is 15.0. The minimum Gasteiger partial charge on any atom is -0.463 e. The molecule has 0 heterocycles. The van der Waals surface area contributed by atoms with Crippen LogP contribution in [0, 0.1) is 0 Å². The molecule has 536 valence electrons. The number of allylic oxidation sites excluding steroid dienone is 18. The van der Waals surface area contributed by atoms with E-state index in [9.17, 15) is 43.5 Å². The van der Waals surface area contributed by atoms with Gasteiger partial charge in [-0.2, -0.15) is 0 Å². The number of aliphatic hydroxyl groups excluding tert-OH is 2. The lowest BCUT2D eigenvalue weighted by Gasteiger charge is -2.21. The highest BCUT2D eigenvalue weighted by Gasteiger charge is 2.29. The second-order valence-corrected chi connectivity index (χ2v) is 26.9. The molecule has 0 aliphatic heterocycles. The van der Waals surface area contributed by atoms with Crippen molar-refractivity contribution in [3.8, 4) is 0 Å². The third kappa shape index (κ3) is 69.4. The highest BCUT2D eigenvalue weighted by atomic mass is 31.2. The van der Waals surface area contributed by atoms with E-state index in [1.807, 2.05) is 0 Å². The highest BCUT2D eigenvalue weighted by molar-refractivity contribution is 7.47.